The maximum absolute atomic E-state index is 13.3. The number of hydrogen-bond donors (Lipinski definition) is 2. The number of nitrogens with one attached hydrogen (secondary N) is 2. The number of piperidine rings is 1. The number of carbonyl (C=O) groups excluding carboxylic acids is 2. The van der Waals surface area contributed by atoms with E-state index >= 15 is 0 Å². The first-order valence-corrected chi connectivity index (χ1v) is 10.5. The van der Waals surface area contributed by atoms with Crippen LogP contribution in [0.15, 0.2) is 48.5 Å². The van der Waals surface area contributed by atoms with Gasteiger partial charge in [-0.05, 0) is 49.9 Å². The summed E-state index contributed by atoms with van der Waals surface area (Å²) >= 11 is 0. The highest BCUT2D eigenvalue weighted by molar-refractivity contribution is 5.99. The van der Waals surface area contributed by atoms with Crippen LogP contribution in [0.3, 0.4) is 0 Å². The molecule has 0 saturated carbocycles. The van der Waals surface area contributed by atoms with Crippen LogP contribution >= 0.6 is 0 Å². The summed E-state index contributed by atoms with van der Waals surface area (Å²) in [7, 11) is 0. The summed E-state index contributed by atoms with van der Waals surface area (Å²) in [4.78, 5) is 27.4. The average Bonchev–Trinajstić information content (AvgIpc) is 2.76. The van der Waals surface area contributed by atoms with Crippen LogP contribution in [0.5, 0.6) is 0 Å². The molecule has 0 spiro atoms. The fourth-order valence-electron chi connectivity index (χ4n) is 3.95. The van der Waals surface area contributed by atoms with E-state index < -0.39 is 5.54 Å². The summed E-state index contributed by atoms with van der Waals surface area (Å²) in [6.07, 6.45) is 0.745. The largest absolute Gasteiger partial charge is 0.445 e. The molecule has 3 rings (SSSR count). The summed E-state index contributed by atoms with van der Waals surface area (Å²) < 4.78 is 5.45. The molecule has 2 amide bonds. The third kappa shape index (κ3) is 5.00. The van der Waals surface area contributed by atoms with Crippen LogP contribution in [0.25, 0.3) is 0 Å². The van der Waals surface area contributed by atoms with Gasteiger partial charge in [-0.1, -0.05) is 55.5 Å². The monoisotopic (exact) mass is 409 g/mol. The van der Waals surface area contributed by atoms with Gasteiger partial charge in [-0.3, -0.25) is 4.79 Å². The Balaban J connectivity index is 1.62. The fraction of sp³-hybridized carbons (Fsp3) is 0.417. The molecule has 2 N–H and O–H groups in total. The number of nitrogens with zero attached hydrogens (tertiary/aromatic N) is 1. The van der Waals surface area contributed by atoms with Crippen LogP contribution in [0, 0.1) is 13.8 Å². The topological polar surface area (TPSA) is 70.7 Å². The zero-order valence-electron chi connectivity index (χ0n) is 18.0. The van der Waals surface area contributed by atoms with Crippen LogP contribution in [0.4, 0.5) is 10.5 Å². The van der Waals surface area contributed by atoms with Crippen LogP contribution in [-0.4, -0.2) is 42.1 Å². The van der Waals surface area contributed by atoms with Gasteiger partial charge in [-0.25, -0.2) is 4.79 Å². The van der Waals surface area contributed by atoms with E-state index in [2.05, 4.69) is 10.6 Å². The van der Waals surface area contributed by atoms with Gasteiger partial charge in [-0.15, -0.1) is 0 Å². The lowest BCUT2D eigenvalue weighted by Gasteiger charge is -2.40. The highest BCUT2D eigenvalue weighted by atomic mass is 16.6. The SMILES string of the molecule is CCNC1(C(=O)Nc2c(C)cccc2C)CCN(C(=O)OCc2ccccc2)CC1. The van der Waals surface area contributed by atoms with Crippen molar-refractivity contribution in [3.8, 4) is 0 Å². The molecule has 1 aliphatic heterocycles. The van der Waals surface area contributed by atoms with E-state index in [-0.39, 0.29) is 18.6 Å². The van der Waals surface area contributed by atoms with Crippen molar-refractivity contribution in [1.82, 2.24) is 10.2 Å². The molecule has 2 aromatic rings. The van der Waals surface area contributed by atoms with Crippen molar-refractivity contribution in [2.45, 2.75) is 45.8 Å². The molecule has 0 aromatic heterocycles. The molecule has 6 heteroatoms. The number of para-hydroxylation sites is 1. The van der Waals surface area contributed by atoms with E-state index in [9.17, 15) is 9.59 Å². The number of aryl methyl sites for hydroxylation is 2. The maximum Gasteiger partial charge on any atom is 0.410 e. The van der Waals surface area contributed by atoms with Gasteiger partial charge in [0.25, 0.3) is 0 Å². The second kappa shape index (κ2) is 9.76. The van der Waals surface area contributed by atoms with Crippen molar-refractivity contribution in [3.63, 3.8) is 0 Å². The Kier molecular flexibility index (Phi) is 7.11. The standard InChI is InChI=1S/C24H31N3O3/c1-4-25-24(22(28)26-21-18(2)9-8-10-19(21)3)13-15-27(16-14-24)23(29)30-17-20-11-6-5-7-12-20/h5-12,25H,4,13-17H2,1-3H3,(H,26,28). The first-order chi connectivity index (χ1) is 14.4. The zero-order chi connectivity index (χ0) is 21.6. The molecule has 1 fully saturated rings. The van der Waals surface area contributed by atoms with Gasteiger partial charge in [0.15, 0.2) is 0 Å². The lowest BCUT2D eigenvalue weighted by Crippen LogP contribution is -2.60. The van der Waals surface area contributed by atoms with Gasteiger partial charge in [0.1, 0.15) is 12.1 Å². The molecule has 0 bridgehead atoms. The molecule has 0 aliphatic carbocycles. The molecule has 1 heterocycles. The molecule has 30 heavy (non-hydrogen) atoms. The van der Waals surface area contributed by atoms with Crippen molar-refractivity contribution < 1.29 is 14.3 Å². The molecule has 160 valence electrons. The Labute approximate surface area is 178 Å². The quantitative estimate of drug-likeness (QED) is 0.756. The smallest absolute Gasteiger partial charge is 0.410 e. The first-order valence-electron chi connectivity index (χ1n) is 10.5. The summed E-state index contributed by atoms with van der Waals surface area (Å²) in [5, 5.41) is 6.51. The number of amides is 2. The van der Waals surface area contributed by atoms with Crippen LogP contribution < -0.4 is 10.6 Å². The molecule has 1 saturated heterocycles. The van der Waals surface area contributed by atoms with Gasteiger partial charge in [0, 0.05) is 18.8 Å². The van der Waals surface area contributed by atoms with Gasteiger partial charge in [0.2, 0.25) is 5.91 Å². The summed E-state index contributed by atoms with van der Waals surface area (Å²) in [5.74, 6) is -0.0425. The average molecular weight is 410 g/mol. The van der Waals surface area contributed by atoms with Crippen LogP contribution in [-0.2, 0) is 16.1 Å². The second-order valence-electron chi connectivity index (χ2n) is 7.86. The highest BCUT2D eigenvalue weighted by Crippen LogP contribution is 2.27. The minimum atomic E-state index is -0.695. The van der Waals surface area contributed by atoms with Gasteiger partial charge >= 0.3 is 6.09 Å². The number of ether oxygens (including phenoxy) is 1. The van der Waals surface area contributed by atoms with Crippen molar-refractivity contribution in [1.29, 1.82) is 0 Å². The van der Waals surface area contributed by atoms with Crippen molar-refractivity contribution in [3.05, 3.63) is 65.2 Å². The molecule has 0 atom stereocenters. The maximum atomic E-state index is 13.3. The second-order valence-corrected chi connectivity index (χ2v) is 7.86. The van der Waals surface area contributed by atoms with E-state index in [0.717, 1.165) is 22.4 Å². The summed E-state index contributed by atoms with van der Waals surface area (Å²) in [5.41, 5.74) is 3.20. The molecule has 0 unspecified atom stereocenters. The Bertz CT molecular complexity index is 854. The summed E-state index contributed by atoms with van der Waals surface area (Å²) in [6.45, 7) is 7.86. The highest BCUT2D eigenvalue weighted by Gasteiger charge is 2.42. The van der Waals surface area contributed by atoms with E-state index in [1.165, 1.54) is 0 Å². The van der Waals surface area contributed by atoms with Gasteiger partial charge in [0.05, 0.1) is 0 Å². The number of likely N-dealkylation sites (N-methyl/N-ethyl adjacent to an activating group) is 1. The predicted octanol–water partition coefficient (Wildman–Crippen LogP) is 4.02. The molecular weight excluding hydrogens is 378 g/mol. The van der Waals surface area contributed by atoms with Crippen molar-refractivity contribution in [2.75, 3.05) is 25.0 Å². The van der Waals surface area contributed by atoms with E-state index in [0.29, 0.717) is 32.5 Å². The molecular formula is C24H31N3O3. The normalized spacial score (nSPS) is 15.5. The molecule has 0 radical (unpaired) electrons. The molecule has 1 aliphatic rings. The minimum absolute atomic E-state index is 0.0425. The fourth-order valence-corrected chi connectivity index (χ4v) is 3.95. The number of benzene rings is 2. The molecule has 6 nitrogen and oxygen atoms in total. The lowest BCUT2D eigenvalue weighted by atomic mass is 9.86. The first kappa shape index (κ1) is 21.8. The Morgan fingerprint density at radius 1 is 1.00 bits per heavy atom. The molecule has 2 aromatic carbocycles. The van der Waals surface area contributed by atoms with Crippen molar-refractivity contribution in [2.24, 2.45) is 0 Å². The van der Waals surface area contributed by atoms with E-state index in [1.807, 2.05) is 69.3 Å². The van der Waals surface area contributed by atoms with Crippen molar-refractivity contribution >= 4 is 17.7 Å². The summed E-state index contributed by atoms with van der Waals surface area (Å²) in [6, 6.07) is 15.6. The Morgan fingerprint density at radius 2 is 1.63 bits per heavy atom. The number of carbonyl (C=O) groups is 2. The van der Waals surface area contributed by atoms with Gasteiger partial charge in [-0.2, -0.15) is 0 Å². The van der Waals surface area contributed by atoms with E-state index in [1.54, 1.807) is 4.90 Å². The van der Waals surface area contributed by atoms with Gasteiger partial charge < -0.3 is 20.3 Å². The van der Waals surface area contributed by atoms with E-state index in [4.69, 9.17) is 4.74 Å². The minimum Gasteiger partial charge on any atom is -0.445 e. The number of likely N-dealkylation sites (tertiary alicyclic amines) is 1. The predicted molar refractivity (Wildman–Crippen MR) is 118 cm³/mol. The van der Waals surface area contributed by atoms with Crippen LogP contribution in [0.1, 0.15) is 36.5 Å². The Hall–Kier alpha value is -2.86. The third-order valence-corrected chi connectivity index (χ3v) is 5.75. The third-order valence-electron chi connectivity index (χ3n) is 5.75. The van der Waals surface area contributed by atoms with Crippen LogP contribution in [0.2, 0.25) is 0 Å². The lowest BCUT2D eigenvalue weighted by molar-refractivity contribution is -0.124. The number of hydrogen-bond acceptors (Lipinski definition) is 4. The number of anilines is 1. The number of rotatable bonds is 6. The Morgan fingerprint density at radius 3 is 2.23 bits per heavy atom. The zero-order valence-corrected chi connectivity index (χ0v) is 18.0.